The van der Waals surface area contributed by atoms with Crippen LogP contribution in [0, 0.1) is 0 Å². The van der Waals surface area contributed by atoms with Crippen LogP contribution >= 0.6 is 11.3 Å². The van der Waals surface area contributed by atoms with Gasteiger partial charge < -0.3 is 4.74 Å². The molecule has 0 fully saturated rings. The highest BCUT2D eigenvalue weighted by atomic mass is 32.2. The van der Waals surface area contributed by atoms with Crippen molar-refractivity contribution in [2.75, 3.05) is 6.26 Å². The number of rotatable bonds is 3. The van der Waals surface area contributed by atoms with Crippen molar-refractivity contribution < 1.29 is 17.9 Å². The Labute approximate surface area is 162 Å². The Morgan fingerprint density at radius 2 is 1.63 bits per heavy atom. The normalized spacial score (nSPS) is 16.8. The van der Waals surface area contributed by atoms with Gasteiger partial charge in [0.1, 0.15) is 5.60 Å². The zero-order chi connectivity index (χ0) is 19.4. The van der Waals surface area contributed by atoms with Gasteiger partial charge in [-0.1, -0.05) is 24.3 Å². The maximum atomic E-state index is 12.7. The van der Waals surface area contributed by atoms with E-state index in [0.29, 0.717) is 5.57 Å². The monoisotopic (exact) mass is 398 g/mol. The summed E-state index contributed by atoms with van der Waals surface area (Å²) in [6.45, 7) is 3.70. The Balaban J connectivity index is 1.93. The van der Waals surface area contributed by atoms with Crippen LogP contribution in [0.25, 0.3) is 21.2 Å². The molecule has 1 aromatic heterocycles. The lowest BCUT2D eigenvalue weighted by Crippen LogP contribution is -2.22. The van der Waals surface area contributed by atoms with Crippen molar-refractivity contribution in [1.29, 1.82) is 0 Å². The molecule has 27 heavy (non-hydrogen) atoms. The van der Waals surface area contributed by atoms with E-state index >= 15 is 0 Å². The van der Waals surface area contributed by atoms with Crippen molar-refractivity contribution in [3.63, 3.8) is 0 Å². The van der Waals surface area contributed by atoms with Gasteiger partial charge in [-0.15, -0.1) is 11.3 Å². The quantitative estimate of drug-likeness (QED) is 0.607. The second kappa shape index (κ2) is 6.04. The number of carbonyl (C=O) groups is 1. The molecule has 4 rings (SSSR count). The Kier molecular flexibility index (Phi) is 4.01. The van der Waals surface area contributed by atoms with Crippen LogP contribution in [0.2, 0.25) is 0 Å². The molecule has 1 aliphatic heterocycles. The molecule has 138 valence electrons. The van der Waals surface area contributed by atoms with E-state index in [4.69, 9.17) is 4.74 Å². The van der Waals surface area contributed by atoms with Crippen LogP contribution in [0.15, 0.2) is 58.8 Å². The van der Waals surface area contributed by atoms with Crippen molar-refractivity contribution in [1.82, 2.24) is 0 Å². The fourth-order valence-corrected chi connectivity index (χ4v) is 4.93. The lowest BCUT2D eigenvalue weighted by Gasteiger charge is -2.21. The van der Waals surface area contributed by atoms with Crippen LogP contribution in [0.3, 0.4) is 0 Å². The number of benzene rings is 2. The van der Waals surface area contributed by atoms with Crippen molar-refractivity contribution >= 4 is 48.4 Å². The predicted molar refractivity (Wildman–Crippen MR) is 108 cm³/mol. The van der Waals surface area contributed by atoms with Crippen LogP contribution in [-0.4, -0.2) is 26.2 Å². The van der Waals surface area contributed by atoms with Crippen molar-refractivity contribution in [2.45, 2.75) is 24.3 Å². The Hall–Kier alpha value is -2.44. The highest BCUT2D eigenvalue weighted by Gasteiger charge is 2.41. The first-order chi connectivity index (χ1) is 12.7. The van der Waals surface area contributed by atoms with E-state index < -0.39 is 15.4 Å². The van der Waals surface area contributed by atoms with Gasteiger partial charge >= 0.3 is 5.97 Å². The smallest absolute Gasteiger partial charge is 0.340 e. The molecule has 0 saturated heterocycles. The molecule has 0 bridgehead atoms. The minimum atomic E-state index is -3.28. The Morgan fingerprint density at radius 3 is 2.30 bits per heavy atom. The highest BCUT2D eigenvalue weighted by molar-refractivity contribution is 7.90. The van der Waals surface area contributed by atoms with Crippen molar-refractivity contribution in [2.24, 2.45) is 0 Å². The molecule has 4 nitrogen and oxygen atoms in total. The van der Waals surface area contributed by atoms with E-state index in [1.54, 1.807) is 35.6 Å². The number of thiophene rings is 1. The fourth-order valence-electron chi connectivity index (χ4n) is 3.47. The number of hydrogen-bond donors (Lipinski definition) is 0. The summed E-state index contributed by atoms with van der Waals surface area (Å²) >= 11 is 1.62. The molecule has 1 aliphatic rings. The molecule has 0 unspecified atom stereocenters. The number of fused-ring (bicyclic) bond motifs is 1. The first-order valence-electron chi connectivity index (χ1n) is 8.43. The summed E-state index contributed by atoms with van der Waals surface area (Å²) in [5.41, 5.74) is 2.08. The summed E-state index contributed by atoms with van der Waals surface area (Å²) in [5.74, 6) is -0.363. The summed E-state index contributed by atoms with van der Waals surface area (Å²) in [6.07, 6.45) is 1.18. The van der Waals surface area contributed by atoms with Gasteiger partial charge in [0.25, 0.3) is 0 Å². The number of carbonyl (C=O) groups excluding carboxylic acids is 1. The highest BCUT2D eigenvalue weighted by Crippen LogP contribution is 2.44. The topological polar surface area (TPSA) is 60.4 Å². The fraction of sp³-hybridized carbons (Fsp3) is 0.190. The van der Waals surface area contributed by atoms with Gasteiger partial charge in [-0.2, -0.15) is 0 Å². The van der Waals surface area contributed by atoms with Crippen molar-refractivity contribution in [3.8, 4) is 0 Å². The number of hydrogen-bond acceptors (Lipinski definition) is 5. The predicted octanol–water partition coefficient (Wildman–Crippen LogP) is 4.55. The molecule has 0 amide bonds. The van der Waals surface area contributed by atoms with Gasteiger partial charge in [0.15, 0.2) is 9.84 Å². The van der Waals surface area contributed by atoms with E-state index in [1.165, 1.54) is 6.26 Å². The van der Waals surface area contributed by atoms with Crippen LogP contribution in [0.1, 0.15) is 25.0 Å². The average molecular weight is 399 g/mol. The molecule has 2 aromatic carbocycles. The van der Waals surface area contributed by atoms with Crippen LogP contribution < -0.4 is 0 Å². The summed E-state index contributed by atoms with van der Waals surface area (Å²) in [7, 11) is -3.28. The van der Waals surface area contributed by atoms with Gasteiger partial charge in [-0.25, -0.2) is 13.2 Å². The maximum absolute atomic E-state index is 12.7. The van der Waals surface area contributed by atoms with E-state index in [0.717, 1.165) is 26.8 Å². The van der Waals surface area contributed by atoms with Gasteiger partial charge in [-0.3, -0.25) is 0 Å². The molecule has 3 aromatic rings. The van der Waals surface area contributed by atoms with E-state index in [9.17, 15) is 13.2 Å². The summed E-state index contributed by atoms with van der Waals surface area (Å²) in [4.78, 5) is 12.9. The largest absolute Gasteiger partial charge is 0.451 e. The lowest BCUT2D eigenvalue weighted by molar-refractivity contribution is -0.141. The summed E-state index contributed by atoms with van der Waals surface area (Å²) < 4.78 is 30.2. The first kappa shape index (κ1) is 17.9. The van der Waals surface area contributed by atoms with E-state index in [1.807, 2.05) is 43.5 Å². The van der Waals surface area contributed by atoms with Gasteiger partial charge in [0.05, 0.1) is 10.5 Å². The summed E-state index contributed by atoms with van der Waals surface area (Å²) in [5, 5.41) is 3.15. The number of ether oxygens (including phenoxy) is 1. The standard InChI is InChI=1S/C21H18O4S2/c1-21(2)19(14-6-8-16(9-7-14)27(3,23)24)18(20(22)25-21)15-5-4-13-10-11-26-17(13)12-15/h4-12H,1-3H3. The minimum absolute atomic E-state index is 0.247. The third-order valence-electron chi connectivity index (χ3n) is 4.72. The van der Waals surface area contributed by atoms with Gasteiger partial charge in [-0.05, 0) is 60.0 Å². The third-order valence-corrected chi connectivity index (χ3v) is 6.73. The number of sulfone groups is 1. The molecular formula is C21H18O4S2. The Bertz CT molecular complexity index is 1200. The maximum Gasteiger partial charge on any atom is 0.340 e. The molecule has 0 radical (unpaired) electrons. The average Bonchev–Trinajstić information content (AvgIpc) is 3.14. The molecule has 2 heterocycles. The zero-order valence-corrected chi connectivity index (χ0v) is 16.8. The summed E-state index contributed by atoms with van der Waals surface area (Å²) in [6, 6.07) is 14.6. The third kappa shape index (κ3) is 3.09. The number of esters is 1. The zero-order valence-electron chi connectivity index (χ0n) is 15.1. The molecule has 0 spiro atoms. The molecular weight excluding hydrogens is 380 g/mol. The second-order valence-electron chi connectivity index (χ2n) is 7.12. The second-order valence-corrected chi connectivity index (χ2v) is 10.1. The SMILES string of the molecule is CC1(C)OC(=O)C(c2ccc3ccsc3c2)=C1c1ccc(S(C)(=O)=O)cc1. The van der Waals surface area contributed by atoms with Gasteiger partial charge in [0, 0.05) is 16.5 Å². The first-order valence-corrected chi connectivity index (χ1v) is 11.2. The van der Waals surface area contributed by atoms with E-state index in [2.05, 4.69) is 0 Å². The molecule has 0 atom stereocenters. The van der Waals surface area contributed by atoms with Gasteiger partial charge in [0.2, 0.25) is 0 Å². The minimum Gasteiger partial charge on any atom is -0.451 e. The van der Waals surface area contributed by atoms with Crippen LogP contribution in [0.5, 0.6) is 0 Å². The number of cyclic esters (lactones) is 1. The molecule has 6 heteroatoms. The van der Waals surface area contributed by atoms with Crippen LogP contribution in [0.4, 0.5) is 0 Å². The lowest BCUT2D eigenvalue weighted by atomic mass is 9.87. The molecule has 0 aliphatic carbocycles. The molecule has 0 saturated carbocycles. The molecule has 0 N–H and O–H groups in total. The van der Waals surface area contributed by atoms with E-state index in [-0.39, 0.29) is 10.9 Å². The van der Waals surface area contributed by atoms with Crippen molar-refractivity contribution in [3.05, 3.63) is 65.0 Å². The Morgan fingerprint density at radius 1 is 0.963 bits per heavy atom. The van der Waals surface area contributed by atoms with Crippen LogP contribution in [-0.2, 0) is 19.4 Å².